The first-order valence-corrected chi connectivity index (χ1v) is 9.79. The second-order valence-corrected chi connectivity index (χ2v) is 7.42. The largest absolute Gasteiger partial charge is 0.318 e. The van der Waals surface area contributed by atoms with E-state index in [0.717, 1.165) is 40.8 Å². The van der Waals surface area contributed by atoms with Gasteiger partial charge in [-0.3, -0.25) is 25.2 Å². The zero-order valence-electron chi connectivity index (χ0n) is 15.5. The van der Waals surface area contributed by atoms with E-state index >= 15 is 0 Å². The van der Waals surface area contributed by atoms with Crippen LogP contribution >= 0.6 is 11.8 Å². The fourth-order valence-corrected chi connectivity index (χ4v) is 4.10. The molecule has 2 heterocycles. The summed E-state index contributed by atoms with van der Waals surface area (Å²) in [5.41, 5.74) is 2.16. The monoisotopic (exact) mass is 421 g/mol. The van der Waals surface area contributed by atoms with Crippen molar-refractivity contribution < 1.29 is 9.85 Å². The maximum atomic E-state index is 11.5. The van der Waals surface area contributed by atoms with Gasteiger partial charge in [0.05, 0.1) is 31.8 Å². The van der Waals surface area contributed by atoms with Crippen LogP contribution in [0.2, 0.25) is 0 Å². The summed E-state index contributed by atoms with van der Waals surface area (Å²) < 4.78 is 2.01. The van der Waals surface area contributed by atoms with Crippen molar-refractivity contribution in [2.45, 2.75) is 23.0 Å². The summed E-state index contributed by atoms with van der Waals surface area (Å²) in [5.74, 6) is 0. The van der Waals surface area contributed by atoms with Crippen LogP contribution in [0, 0.1) is 20.2 Å². The van der Waals surface area contributed by atoms with Crippen molar-refractivity contribution >= 4 is 34.2 Å². The summed E-state index contributed by atoms with van der Waals surface area (Å²) in [7, 11) is 0. The van der Waals surface area contributed by atoms with Crippen molar-refractivity contribution in [2.75, 3.05) is 0 Å². The molecule has 0 unspecified atom stereocenters. The fourth-order valence-electron chi connectivity index (χ4n) is 3.08. The molecular weight excluding hydrogens is 406 g/mol. The molecule has 30 heavy (non-hydrogen) atoms. The lowest BCUT2D eigenvalue weighted by Crippen LogP contribution is -2.03. The number of non-ortho nitro benzene ring substituents is 1. The molecule has 0 aliphatic rings. The van der Waals surface area contributed by atoms with Crippen LogP contribution in [0.1, 0.15) is 5.56 Å². The van der Waals surface area contributed by atoms with Crippen LogP contribution in [0.4, 0.5) is 11.4 Å². The minimum Gasteiger partial charge on any atom is -0.318 e. The summed E-state index contributed by atoms with van der Waals surface area (Å²) in [4.78, 5) is 30.2. The molecule has 2 aromatic carbocycles. The average Bonchev–Trinajstić information content (AvgIpc) is 3.10. The quantitative estimate of drug-likeness (QED) is 0.315. The number of fused-ring (bicyclic) bond motifs is 1. The molecule has 0 amide bonds. The second kappa shape index (κ2) is 8.29. The number of nitro groups is 2. The molecule has 0 aliphatic carbocycles. The van der Waals surface area contributed by atoms with E-state index in [-0.39, 0.29) is 11.4 Å². The number of benzene rings is 2. The summed E-state index contributed by atoms with van der Waals surface area (Å²) in [6, 6.07) is 15.1. The first kappa shape index (κ1) is 19.5. The highest BCUT2D eigenvalue weighted by atomic mass is 32.2. The molecule has 2 aromatic heterocycles. The van der Waals surface area contributed by atoms with Crippen LogP contribution < -0.4 is 0 Å². The van der Waals surface area contributed by atoms with Gasteiger partial charge in [0.15, 0.2) is 5.16 Å². The Labute approximate surface area is 174 Å². The average molecular weight is 421 g/mol. The third-order valence-electron chi connectivity index (χ3n) is 4.54. The highest BCUT2D eigenvalue weighted by Crippen LogP contribution is 2.37. The van der Waals surface area contributed by atoms with E-state index in [9.17, 15) is 20.2 Å². The summed E-state index contributed by atoms with van der Waals surface area (Å²) in [6.07, 6.45) is 4.20. The summed E-state index contributed by atoms with van der Waals surface area (Å²) in [5, 5.41) is 23.1. The topological polar surface area (TPSA) is 117 Å². The van der Waals surface area contributed by atoms with E-state index in [1.165, 1.54) is 12.1 Å². The molecule has 9 nitrogen and oxygen atoms in total. The van der Waals surface area contributed by atoms with E-state index in [4.69, 9.17) is 0 Å². The van der Waals surface area contributed by atoms with Crippen molar-refractivity contribution in [3.63, 3.8) is 0 Å². The number of nitro benzene ring substituents is 2. The maximum Gasteiger partial charge on any atom is 0.290 e. The maximum absolute atomic E-state index is 11.5. The number of pyridine rings is 1. The van der Waals surface area contributed by atoms with Crippen LogP contribution in [-0.4, -0.2) is 24.4 Å². The lowest BCUT2D eigenvalue weighted by Gasteiger charge is -2.09. The van der Waals surface area contributed by atoms with Gasteiger partial charge < -0.3 is 4.57 Å². The zero-order valence-corrected chi connectivity index (χ0v) is 16.4. The van der Waals surface area contributed by atoms with E-state index in [1.807, 2.05) is 41.0 Å². The Morgan fingerprint density at radius 3 is 2.47 bits per heavy atom. The minimum absolute atomic E-state index is 0.297. The van der Waals surface area contributed by atoms with E-state index in [1.54, 1.807) is 12.4 Å². The number of nitrogens with zero attached hydrogens (tertiary/aromatic N) is 5. The fraction of sp³-hybridized carbons (Fsp3) is 0.100. The van der Waals surface area contributed by atoms with Crippen LogP contribution in [-0.2, 0) is 13.0 Å². The number of imidazole rings is 1. The van der Waals surface area contributed by atoms with E-state index in [0.29, 0.717) is 16.6 Å². The lowest BCUT2D eigenvalue weighted by atomic mass is 10.2. The number of para-hydroxylation sites is 2. The molecule has 0 bridgehead atoms. The molecule has 4 aromatic rings. The van der Waals surface area contributed by atoms with Gasteiger partial charge in [-0.15, -0.1) is 0 Å². The van der Waals surface area contributed by atoms with Crippen molar-refractivity contribution in [3.05, 3.63) is 92.8 Å². The normalized spacial score (nSPS) is 10.9. The molecular formula is C20H15N5O4S. The van der Waals surface area contributed by atoms with Crippen LogP contribution in [0.3, 0.4) is 0 Å². The van der Waals surface area contributed by atoms with Gasteiger partial charge in [-0.25, -0.2) is 4.98 Å². The number of rotatable bonds is 7. The Morgan fingerprint density at radius 2 is 1.73 bits per heavy atom. The predicted octanol–water partition coefficient (Wildman–Crippen LogP) is 4.64. The molecule has 10 heteroatoms. The van der Waals surface area contributed by atoms with Crippen molar-refractivity contribution in [1.29, 1.82) is 0 Å². The smallest absolute Gasteiger partial charge is 0.290 e. The number of hydrogen-bond donors (Lipinski definition) is 0. The Balaban J connectivity index is 1.72. The van der Waals surface area contributed by atoms with Gasteiger partial charge in [0, 0.05) is 25.0 Å². The van der Waals surface area contributed by atoms with Gasteiger partial charge in [0.1, 0.15) is 0 Å². The summed E-state index contributed by atoms with van der Waals surface area (Å²) in [6.45, 7) is 0.619. The van der Waals surface area contributed by atoms with Crippen LogP contribution in [0.25, 0.3) is 11.0 Å². The van der Waals surface area contributed by atoms with Crippen molar-refractivity contribution in [1.82, 2.24) is 14.5 Å². The minimum atomic E-state index is -0.647. The van der Waals surface area contributed by atoms with E-state index in [2.05, 4.69) is 9.97 Å². The predicted molar refractivity (Wildman–Crippen MR) is 112 cm³/mol. The molecule has 0 aliphatic heterocycles. The SMILES string of the molecule is O=[N+]([O-])c1ccc(Sc2nc3ccccc3n2CCc2ccncc2)c([N+](=O)[O-])c1. The molecule has 0 saturated carbocycles. The Morgan fingerprint density at radius 1 is 0.967 bits per heavy atom. The first-order chi connectivity index (χ1) is 14.5. The van der Waals surface area contributed by atoms with E-state index < -0.39 is 9.85 Å². The van der Waals surface area contributed by atoms with Crippen LogP contribution in [0.5, 0.6) is 0 Å². The van der Waals surface area contributed by atoms with Crippen LogP contribution in [0.15, 0.2) is 77.0 Å². The van der Waals surface area contributed by atoms with Crippen molar-refractivity contribution in [3.8, 4) is 0 Å². The molecule has 0 atom stereocenters. The number of aromatic nitrogens is 3. The Hall–Kier alpha value is -3.79. The zero-order chi connectivity index (χ0) is 21.1. The highest BCUT2D eigenvalue weighted by Gasteiger charge is 2.22. The third-order valence-corrected chi connectivity index (χ3v) is 5.60. The Bertz CT molecular complexity index is 1240. The number of hydrogen-bond acceptors (Lipinski definition) is 7. The molecule has 0 radical (unpaired) electrons. The molecule has 0 fully saturated rings. The van der Waals surface area contributed by atoms with Gasteiger partial charge in [-0.2, -0.15) is 0 Å². The standard InChI is InChI=1S/C20H15N5O4S/c26-24(27)15-5-6-19(18(13-15)25(28)29)30-20-22-16-3-1-2-4-17(16)23(20)12-9-14-7-10-21-11-8-14/h1-8,10-11,13H,9,12H2. The van der Waals surface area contributed by atoms with Gasteiger partial charge in [-0.1, -0.05) is 12.1 Å². The Kier molecular flexibility index (Phi) is 5.40. The highest BCUT2D eigenvalue weighted by molar-refractivity contribution is 7.99. The summed E-state index contributed by atoms with van der Waals surface area (Å²) >= 11 is 1.13. The molecule has 150 valence electrons. The third kappa shape index (κ3) is 3.98. The van der Waals surface area contributed by atoms with Gasteiger partial charge in [-0.05, 0) is 54.1 Å². The molecule has 0 spiro atoms. The molecule has 4 rings (SSSR count). The second-order valence-electron chi connectivity index (χ2n) is 6.41. The van der Waals surface area contributed by atoms with Gasteiger partial charge in [0.25, 0.3) is 11.4 Å². The van der Waals surface area contributed by atoms with Gasteiger partial charge in [0.2, 0.25) is 0 Å². The number of aryl methyl sites for hydroxylation is 2. The van der Waals surface area contributed by atoms with Crippen molar-refractivity contribution in [2.24, 2.45) is 0 Å². The molecule has 0 N–H and O–H groups in total. The molecule has 0 saturated heterocycles. The lowest BCUT2D eigenvalue weighted by molar-refractivity contribution is -0.396. The first-order valence-electron chi connectivity index (χ1n) is 8.98. The van der Waals surface area contributed by atoms with Gasteiger partial charge >= 0.3 is 0 Å².